The van der Waals surface area contributed by atoms with Crippen LogP contribution in [0.5, 0.6) is 0 Å². The zero-order valence-corrected chi connectivity index (χ0v) is 10.1. The minimum absolute atomic E-state index is 0.0373. The van der Waals surface area contributed by atoms with Gasteiger partial charge >= 0.3 is 0 Å². The fraction of sp³-hybridized carbons (Fsp3) is 0.545. The molecule has 1 aliphatic heterocycles. The summed E-state index contributed by atoms with van der Waals surface area (Å²) in [6.07, 6.45) is 5.87. The van der Waals surface area contributed by atoms with E-state index in [1.807, 2.05) is 12.3 Å². The quantitative estimate of drug-likeness (QED) is 0.897. The Balaban J connectivity index is 2.08. The molecule has 15 heavy (non-hydrogen) atoms. The lowest BCUT2D eigenvalue weighted by atomic mass is 9.90. The Labute approximate surface area is 98.2 Å². The molecule has 3 nitrogen and oxygen atoms in total. The van der Waals surface area contributed by atoms with Crippen molar-refractivity contribution in [2.24, 2.45) is 11.7 Å². The summed E-state index contributed by atoms with van der Waals surface area (Å²) in [5.74, 6) is 0.426. The molecule has 1 aromatic heterocycles. The van der Waals surface area contributed by atoms with Gasteiger partial charge in [-0.05, 0) is 40.4 Å². The maximum absolute atomic E-state index is 6.20. The van der Waals surface area contributed by atoms with Crippen LogP contribution in [0.2, 0.25) is 0 Å². The molecule has 2 heterocycles. The summed E-state index contributed by atoms with van der Waals surface area (Å²) in [7, 11) is 0. The molecular formula is C11H15BrN2O. The van der Waals surface area contributed by atoms with Gasteiger partial charge in [0.2, 0.25) is 0 Å². The predicted molar refractivity (Wildman–Crippen MR) is 62.4 cm³/mol. The minimum atomic E-state index is 0.0373. The Hall–Kier alpha value is -0.450. The van der Waals surface area contributed by atoms with Gasteiger partial charge in [0.15, 0.2) is 0 Å². The van der Waals surface area contributed by atoms with Crippen LogP contribution in [0, 0.1) is 5.92 Å². The third-order valence-electron chi connectivity index (χ3n) is 2.81. The fourth-order valence-corrected chi connectivity index (χ4v) is 2.31. The molecule has 1 aliphatic rings. The molecule has 0 radical (unpaired) electrons. The van der Waals surface area contributed by atoms with E-state index in [0.717, 1.165) is 36.1 Å². The lowest BCUT2D eigenvalue weighted by Gasteiger charge is -2.27. The van der Waals surface area contributed by atoms with Crippen molar-refractivity contribution >= 4 is 15.9 Å². The predicted octanol–water partition coefficient (Wildman–Crippen LogP) is 2.27. The molecule has 2 rings (SSSR count). The molecule has 0 saturated carbocycles. The third-order valence-corrected chi connectivity index (χ3v) is 3.25. The molecule has 0 aromatic carbocycles. The largest absolute Gasteiger partial charge is 0.381 e. The van der Waals surface area contributed by atoms with Crippen molar-refractivity contribution in [3.8, 4) is 0 Å². The Kier molecular flexibility index (Phi) is 3.72. The van der Waals surface area contributed by atoms with Crippen molar-refractivity contribution in [2.75, 3.05) is 13.2 Å². The number of halogens is 1. The van der Waals surface area contributed by atoms with Gasteiger partial charge in [0.1, 0.15) is 0 Å². The van der Waals surface area contributed by atoms with E-state index in [9.17, 15) is 0 Å². The molecule has 2 atom stereocenters. The first-order valence-electron chi connectivity index (χ1n) is 5.21. The highest BCUT2D eigenvalue weighted by molar-refractivity contribution is 9.10. The van der Waals surface area contributed by atoms with Gasteiger partial charge in [-0.15, -0.1) is 0 Å². The maximum atomic E-state index is 6.20. The second-order valence-electron chi connectivity index (χ2n) is 3.94. The van der Waals surface area contributed by atoms with Gasteiger partial charge in [0, 0.05) is 35.4 Å². The van der Waals surface area contributed by atoms with Crippen LogP contribution in [0.4, 0.5) is 0 Å². The van der Waals surface area contributed by atoms with E-state index >= 15 is 0 Å². The van der Waals surface area contributed by atoms with Crippen molar-refractivity contribution in [1.29, 1.82) is 0 Å². The second kappa shape index (κ2) is 5.05. The van der Waals surface area contributed by atoms with E-state index in [2.05, 4.69) is 20.9 Å². The molecular weight excluding hydrogens is 256 g/mol. The number of aromatic nitrogens is 1. The molecule has 0 bridgehead atoms. The average Bonchev–Trinajstić information content (AvgIpc) is 2.29. The van der Waals surface area contributed by atoms with Crippen LogP contribution in [-0.4, -0.2) is 18.2 Å². The second-order valence-corrected chi connectivity index (χ2v) is 4.86. The van der Waals surface area contributed by atoms with E-state index in [1.165, 1.54) is 0 Å². The molecule has 0 spiro atoms. The summed E-state index contributed by atoms with van der Waals surface area (Å²) in [4.78, 5) is 4.13. The standard InChI is InChI=1S/C11H15BrN2O/c12-10-4-9(5-14-6-10)11(13)8-2-1-3-15-7-8/h4-6,8,11H,1-3,7,13H2. The summed E-state index contributed by atoms with van der Waals surface area (Å²) in [6, 6.07) is 2.07. The number of nitrogens with two attached hydrogens (primary N) is 1. The lowest BCUT2D eigenvalue weighted by molar-refractivity contribution is 0.0447. The summed E-state index contributed by atoms with van der Waals surface area (Å²) in [5, 5.41) is 0. The van der Waals surface area contributed by atoms with Gasteiger partial charge in [-0.2, -0.15) is 0 Å². The average molecular weight is 271 g/mol. The van der Waals surface area contributed by atoms with Gasteiger partial charge in [-0.25, -0.2) is 0 Å². The SMILES string of the molecule is NC(c1cncc(Br)c1)C1CCCOC1. The molecule has 0 amide bonds. The number of nitrogens with zero attached hydrogens (tertiary/aromatic N) is 1. The van der Waals surface area contributed by atoms with Crippen LogP contribution in [0.15, 0.2) is 22.9 Å². The fourth-order valence-electron chi connectivity index (χ4n) is 1.93. The van der Waals surface area contributed by atoms with Crippen molar-refractivity contribution in [3.05, 3.63) is 28.5 Å². The van der Waals surface area contributed by atoms with Crippen LogP contribution in [0.1, 0.15) is 24.4 Å². The van der Waals surface area contributed by atoms with Crippen LogP contribution in [-0.2, 0) is 4.74 Å². The number of pyridine rings is 1. The van der Waals surface area contributed by atoms with Gasteiger partial charge in [0.25, 0.3) is 0 Å². The third kappa shape index (κ3) is 2.77. The van der Waals surface area contributed by atoms with E-state index in [4.69, 9.17) is 10.5 Å². The van der Waals surface area contributed by atoms with Crippen LogP contribution in [0.3, 0.4) is 0 Å². The van der Waals surface area contributed by atoms with E-state index in [0.29, 0.717) is 5.92 Å². The lowest BCUT2D eigenvalue weighted by Crippen LogP contribution is -2.29. The Morgan fingerprint density at radius 1 is 1.53 bits per heavy atom. The molecule has 1 saturated heterocycles. The molecule has 1 fully saturated rings. The summed E-state index contributed by atoms with van der Waals surface area (Å²) in [6.45, 7) is 1.65. The van der Waals surface area contributed by atoms with Crippen molar-refractivity contribution < 1.29 is 4.74 Å². The summed E-state index contributed by atoms with van der Waals surface area (Å²) < 4.78 is 6.42. The Morgan fingerprint density at radius 2 is 2.40 bits per heavy atom. The molecule has 82 valence electrons. The van der Waals surface area contributed by atoms with Crippen molar-refractivity contribution in [1.82, 2.24) is 4.98 Å². The van der Waals surface area contributed by atoms with Crippen molar-refractivity contribution in [3.63, 3.8) is 0 Å². The molecule has 2 unspecified atom stereocenters. The van der Waals surface area contributed by atoms with Gasteiger partial charge in [-0.3, -0.25) is 4.98 Å². The Morgan fingerprint density at radius 3 is 3.07 bits per heavy atom. The van der Waals surface area contributed by atoms with E-state index in [1.54, 1.807) is 6.20 Å². The summed E-state index contributed by atoms with van der Waals surface area (Å²) in [5.41, 5.74) is 7.28. The van der Waals surface area contributed by atoms with Crippen molar-refractivity contribution in [2.45, 2.75) is 18.9 Å². The zero-order chi connectivity index (χ0) is 10.7. The molecule has 2 N–H and O–H groups in total. The first-order valence-corrected chi connectivity index (χ1v) is 6.00. The highest BCUT2D eigenvalue weighted by Crippen LogP contribution is 2.27. The molecule has 0 aliphatic carbocycles. The first kappa shape index (κ1) is 11.0. The van der Waals surface area contributed by atoms with Gasteiger partial charge < -0.3 is 10.5 Å². The zero-order valence-electron chi connectivity index (χ0n) is 8.53. The summed E-state index contributed by atoms with van der Waals surface area (Å²) >= 11 is 3.41. The normalized spacial score (nSPS) is 23.7. The maximum Gasteiger partial charge on any atom is 0.0512 e. The monoisotopic (exact) mass is 270 g/mol. The topological polar surface area (TPSA) is 48.1 Å². The van der Waals surface area contributed by atoms with Gasteiger partial charge in [-0.1, -0.05) is 0 Å². The van der Waals surface area contributed by atoms with Crippen LogP contribution in [0.25, 0.3) is 0 Å². The number of hydrogen-bond donors (Lipinski definition) is 1. The highest BCUT2D eigenvalue weighted by atomic mass is 79.9. The number of rotatable bonds is 2. The minimum Gasteiger partial charge on any atom is -0.381 e. The van der Waals surface area contributed by atoms with Gasteiger partial charge in [0.05, 0.1) is 6.61 Å². The van der Waals surface area contributed by atoms with Crippen LogP contribution >= 0.6 is 15.9 Å². The van der Waals surface area contributed by atoms with E-state index in [-0.39, 0.29) is 6.04 Å². The first-order chi connectivity index (χ1) is 7.27. The Bertz CT molecular complexity index is 326. The number of ether oxygens (including phenoxy) is 1. The molecule has 1 aromatic rings. The van der Waals surface area contributed by atoms with E-state index < -0.39 is 0 Å². The van der Waals surface area contributed by atoms with Crippen LogP contribution < -0.4 is 5.73 Å². The smallest absolute Gasteiger partial charge is 0.0512 e. The molecule has 4 heteroatoms. The number of hydrogen-bond acceptors (Lipinski definition) is 3. The highest BCUT2D eigenvalue weighted by Gasteiger charge is 2.22.